The van der Waals surface area contributed by atoms with Gasteiger partial charge in [0.05, 0.1) is 7.11 Å². The first-order valence-electron chi connectivity index (χ1n) is 6.51. The number of pyridine rings is 1. The SMILES string of the molecule is COc1ccc(-c2ccc(NC(=O)C(C)C)nc2)cc1. The summed E-state index contributed by atoms with van der Waals surface area (Å²) in [5, 5.41) is 2.77. The fraction of sp³-hybridized carbons (Fsp3) is 0.250. The third kappa shape index (κ3) is 3.35. The molecular formula is C16H18N2O2. The number of carbonyl (C=O) groups excluding carboxylic acids is 1. The molecule has 0 radical (unpaired) electrons. The minimum atomic E-state index is -0.0573. The van der Waals surface area contributed by atoms with Crippen molar-refractivity contribution in [2.75, 3.05) is 12.4 Å². The van der Waals surface area contributed by atoms with Crippen LogP contribution >= 0.6 is 0 Å². The molecule has 1 heterocycles. The predicted molar refractivity (Wildman–Crippen MR) is 79.7 cm³/mol. The van der Waals surface area contributed by atoms with Crippen molar-refractivity contribution in [1.82, 2.24) is 4.98 Å². The van der Waals surface area contributed by atoms with Crippen LogP contribution in [0.2, 0.25) is 0 Å². The molecule has 1 amide bonds. The quantitative estimate of drug-likeness (QED) is 0.927. The van der Waals surface area contributed by atoms with Crippen LogP contribution in [0.1, 0.15) is 13.8 Å². The number of hydrogen-bond acceptors (Lipinski definition) is 3. The van der Waals surface area contributed by atoms with E-state index < -0.39 is 0 Å². The van der Waals surface area contributed by atoms with Crippen molar-refractivity contribution >= 4 is 11.7 Å². The zero-order valence-corrected chi connectivity index (χ0v) is 11.9. The van der Waals surface area contributed by atoms with Crippen LogP contribution < -0.4 is 10.1 Å². The van der Waals surface area contributed by atoms with Gasteiger partial charge >= 0.3 is 0 Å². The average Bonchev–Trinajstić information content (AvgIpc) is 2.48. The number of anilines is 1. The zero-order chi connectivity index (χ0) is 14.5. The Morgan fingerprint density at radius 3 is 2.25 bits per heavy atom. The van der Waals surface area contributed by atoms with E-state index in [1.54, 1.807) is 19.4 Å². The lowest BCUT2D eigenvalue weighted by molar-refractivity contribution is -0.118. The summed E-state index contributed by atoms with van der Waals surface area (Å²) in [4.78, 5) is 15.8. The van der Waals surface area contributed by atoms with Crippen LogP contribution in [-0.2, 0) is 4.79 Å². The molecule has 1 aromatic heterocycles. The Balaban J connectivity index is 2.12. The van der Waals surface area contributed by atoms with E-state index >= 15 is 0 Å². The molecule has 4 nitrogen and oxygen atoms in total. The number of benzene rings is 1. The van der Waals surface area contributed by atoms with Gasteiger partial charge in [-0.3, -0.25) is 4.79 Å². The molecule has 0 aliphatic rings. The number of nitrogens with zero attached hydrogens (tertiary/aromatic N) is 1. The Hall–Kier alpha value is -2.36. The number of amides is 1. The number of nitrogens with one attached hydrogen (secondary N) is 1. The van der Waals surface area contributed by atoms with Crippen molar-refractivity contribution in [3.8, 4) is 16.9 Å². The van der Waals surface area contributed by atoms with Crippen molar-refractivity contribution < 1.29 is 9.53 Å². The lowest BCUT2D eigenvalue weighted by Gasteiger charge is -2.08. The molecule has 0 bridgehead atoms. The van der Waals surface area contributed by atoms with Gasteiger partial charge in [0.2, 0.25) is 5.91 Å². The first kappa shape index (κ1) is 14.1. The topological polar surface area (TPSA) is 51.2 Å². The largest absolute Gasteiger partial charge is 0.497 e. The van der Waals surface area contributed by atoms with Gasteiger partial charge in [0.25, 0.3) is 0 Å². The summed E-state index contributed by atoms with van der Waals surface area (Å²) < 4.78 is 5.13. The second-order valence-electron chi connectivity index (χ2n) is 4.80. The van der Waals surface area contributed by atoms with E-state index in [2.05, 4.69) is 10.3 Å². The average molecular weight is 270 g/mol. The number of aromatic nitrogens is 1. The molecule has 0 saturated heterocycles. The zero-order valence-electron chi connectivity index (χ0n) is 11.9. The highest BCUT2D eigenvalue weighted by Crippen LogP contribution is 2.22. The summed E-state index contributed by atoms with van der Waals surface area (Å²) in [6.45, 7) is 3.70. The van der Waals surface area contributed by atoms with Gasteiger partial charge < -0.3 is 10.1 Å². The molecule has 104 valence electrons. The molecule has 0 aliphatic carbocycles. The summed E-state index contributed by atoms with van der Waals surface area (Å²) in [5.41, 5.74) is 2.05. The summed E-state index contributed by atoms with van der Waals surface area (Å²) in [6.07, 6.45) is 1.75. The summed E-state index contributed by atoms with van der Waals surface area (Å²) >= 11 is 0. The molecule has 2 rings (SSSR count). The molecule has 0 aliphatic heterocycles. The third-order valence-electron chi connectivity index (χ3n) is 2.96. The molecule has 1 N–H and O–H groups in total. The second-order valence-corrected chi connectivity index (χ2v) is 4.80. The summed E-state index contributed by atoms with van der Waals surface area (Å²) in [7, 11) is 1.64. The van der Waals surface area contributed by atoms with Gasteiger partial charge in [-0.1, -0.05) is 26.0 Å². The summed E-state index contributed by atoms with van der Waals surface area (Å²) in [6, 6.07) is 11.5. The van der Waals surface area contributed by atoms with E-state index in [1.165, 1.54) is 0 Å². The standard InChI is InChI=1S/C16H18N2O2/c1-11(2)16(19)18-15-9-6-13(10-17-15)12-4-7-14(20-3)8-5-12/h4-11H,1-3H3,(H,17,18,19). The monoisotopic (exact) mass is 270 g/mol. The van der Waals surface area contributed by atoms with Crippen molar-refractivity contribution in [1.29, 1.82) is 0 Å². The van der Waals surface area contributed by atoms with Crippen LogP contribution in [0.3, 0.4) is 0 Å². The van der Waals surface area contributed by atoms with Gasteiger partial charge in [0.15, 0.2) is 0 Å². The first-order chi connectivity index (χ1) is 9.60. The first-order valence-corrected chi connectivity index (χ1v) is 6.51. The van der Waals surface area contributed by atoms with Crippen LogP contribution in [0.5, 0.6) is 5.75 Å². The molecule has 0 saturated carbocycles. The molecule has 0 spiro atoms. The number of hydrogen-bond donors (Lipinski definition) is 1. The van der Waals surface area contributed by atoms with Crippen LogP contribution in [0.15, 0.2) is 42.6 Å². The minimum Gasteiger partial charge on any atom is -0.497 e. The normalized spacial score (nSPS) is 10.4. The van der Waals surface area contributed by atoms with Gasteiger partial charge in [-0.15, -0.1) is 0 Å². The minimum absolute atomic E-state index is 0.0327. The number of rotatable bonds is 4. The number of methoxy groups -OCH3 is 1. The second kappa shape index (κ2) is 6.19. The number of carbonyl (C=O) groups is 1. The van der Waals surface area contributed by atoms with Gasteiger partial charge in [0, 0.05) is 17.7 Å². The molecule has 2 aromatic rings. The van der Waals surface area contributed by atoms with Gasteiger partial charge in [-0.05, 0) is 29.8 Å². The fourth-order valence-electron chi connectivity index (χ4n) is 1.69. The Morgan fingerprint density at radius 1 is 1.10 bits per heavy atom. The van der Waals surface area contributed by atoms with E-state index in [0.717, 1.165) is 16.9 Å². The van der Waals surface area contributed by atoms with Crippen molar-refractivity contribution in [3.63, 3.8) is 0 Å². The highest BCUT2D eigenvalue weighted by molar-refractivity contribution is 5.91. The Bertz CT molecular complexity index is 574. The van der Waals surface area contributed by atoms with Crippen molar-refractivity contribution in [2.45, 2.75) is 13.8 Å². The van der Waals surface area contributed by atoms with Crippen LogP contribution in [0, 0.1) is 5.92 Å². The van der Waals surface area contributed by atoms with E-state index in [9.17, 15) is 4.79 Å². The van der Waals surface area contributed by atoms with Gasteiger partial charge in [0.1, 0.15) is 11.6 Å². The Kier molecular flexibility index (Phi) is 4.35. The molecular weight excluding hydrogens is 252 g/mol. The van der Waals surface area contributed by atoms with E-state index in [4.69, 9.17) is 4.74 Å². The molecule has 0 atom stereocenters. The molecule has 1 aromatic carbocycles. The van der Waals surface area contributed by atoms with Gasteiger partial charge in [-0.25, -0.2) is 4.98 Å². The summed E-state index contributed by atoms with van der Waals surface area (Å²) in [5.74, 6) is 1.30. The van der Waals surface area contributed by atoms with E-state index in [-0.39, 0.29) is 11.8 Å². The van der Waals surface area contributed by atoms with Gasteiger partial charge in [-0.2, -0.15) is 0 Å². The number of ether oxygens (including phenoxy) is 1. The van der Waals surface area contributed by atoms with E-state index in [0.29, 0.717) is 5.82 Å². The maximum Gasteiger partial charge on any atom is 0.228 e. The van der Waals surface area contributed by atoms with Crippen LogP contribution in [0.4, 0.5) is 5.82 Å². The van der Waals surface area contributed by atoms with Crippen LogP contribution in [0.25, 0.3) is 11.1 Å². The maximum absolute atomic E-state index is 11.6. The fourth-order valence-corrected chi connectivity index (χ4v) is 1.69. The Labute approximate surface area is 118 Å². The van der Waals surface area contributed by atoms with Crippen LogP contribution in [-0.4, -0.2) is 18.0 Å². The smallest absolute Gasteiger partial charge is 0.228 e. The highest BCUT2D eigenvalue weighted by Gasteiger charge is 2.07. The van der Waals surface area contributed by atoms with E-state index in [1.807, 2.05) is 44.2 Å². The Morgan fingerprint density at radius 2 is 1.75 bits per heavy atom. The molecule has 20 heavy (non-hydrogen) atoms. The molecule has 4 heteroatoms. The molecule has 0 unspecified atom stereocenters. The lowest BCUT2D eigenvalue weighted by Crippen LogP contribution is -2.18. The van der Waals surface area contributed by atoms with Crippen molar-refractivity contribution in [3.05, 3.63) is 42.6 Å². The highest BCUT2D eigenvalue weighted by atomic mass is 16.5. The maximum atomic E-state index is 11.6. The lowest BCUT2D eigenvalue weighted by atomic mass is 10.1. The van der Waals surface area contributed by atoms with Crippen molar-refractivity contribution in [2.24, 2.45) is 5.92 Å². The molecule has 0 fully saturated rings. The predicted octanol–water partition coefficient (Wildman–Crippen LogP) is 3.35. The third-order valence-corrected chi connectivity index (χ3v) is 2.96.